The van der Waals surface area contributed by atoms with Crippen LogP contribution in [-0.4, -0.2) is 32.2 Å². The second-order valence-corrected chi connectivity index (χ2v) is 7.80. The number of nitrogens with zero attached hydrogens (tertiary/aromatic N) is 1. The van der Waals surface area contributed by atoms with Crippen molar-refractivity contribution in [2.75, 3.05) is 26.6 Å². The van der Waals surface area contributed by atoms with E-state index in [9.17, 15) is 4.79 Å². The van der Waals surface area contributed by atoms with Crippen molar-refractivity contribution in [2.45, 2.75) is 13.8 Å². The van der Waals surface area contributed by atoms with E-state index in [0.717, 1.165) is 33.2 Å². The van der Waals surface area contributed by atoms with Crippen LogP contribution in [0.2, 0.25) is 0 Å². The van der Waals surface area contributed by atoms with E-state index in [2.05, 4.69) is 10.3 Å². The number of hydrogen-bond acceptors (Lipinski definition) is 6. The van der Waals surface area contributed by atoms with Crippen LogP contribution in [0.5, 0.6) is 17.2 Å². The molecule has 0 aliphatic carbocycles. The van der Waals surface area contributed by atoms with Gasteiger partial charge in [-0.15, -0.1) is 0 Å². The number of aromatic nitrogens is 1. The van der Waals surface area contributed by atoms with Crippen LogP contribution in [0.15, 0.2) is 65.4 Å². The molecule has 4 aromatic rings. The highest BCUT2D eigenvalue weighted by atomic mass is 16.5. The number of allylic oxidation sites excluding steroid dienone is 1. The third-order valence-electron chi connectivity index (χ3n) is 5.53. The van der Waals surface area contributed by atoms with Gasteiger partial charge < -0.3 is 23.9 Å². The minimum atomic E-state index is -0.280. The van der Waals surface area contributed by atoms with E-state index in [1.807, 2.05) is 50.2 Å². The van der Waals surface area contributed by atoms with Crippen LogP contribution < -0.4 is 19.5 Å². The average molecular weight is 459 g/mol. The standard InChI is InChI=1S/C27H26N2O5/c1-16-6-9-26(28-14-16)29-27(30)10-17(2)19-12-21-22(15-34-25(21)13-24(19)33-5)20-11-18(31-3)7-8-23(20)32-4/h6-15H,1-5H3,(H,28,29,30)/b17-10+. The van der Waals surface area contributed by atoms with Gasteiger partial charge in [0, 0.05) is 40.4 Å². The first-order chi connectivity index (χ1) is 16.4. The summed E-state index contributed by atoms with van der Waals surface area (Å²) in [6.07, 6.45) is 4.91. The van der Waals surface area contributed by atoms with Crippen LogP contribution in [0.1, 0.15) is 18.1 Å². The van der Waals surface area contributed by atoms with Crippen molar-refractivity contribution in [3.8, 4) is 28.4 Å². The Hall–Kier alpha value is -4.26. The molecule has 0 atom stereocenters. The molecule has 34 heavy (non-hydrogen) atoms. The summed E-state index contributed by atoms with van der Waals surface area (Å²) in [5.41, 5.74) is 4.85. The lowest BCUT2D eigenvalue weighted by molar-refractivity contribution is -0.111. The summed E-state index contributed by atoms with van der Waals surface area (Å²) < 4.78 is 22.4. The fourth-order valence-corrected chi connectivity index (χ4v) is 3.74. The first-order valence-electron chi connectivity index (χ1n) is 10.7. The zero-order chi connectivity index (χ0) is 24.2. The first-order valence-corrected chi connectivity index (χ1v) is 10.7. The Bertz CT molecular complexity index is 1370. The molecule has 0 unspecified atom stereocenters. The number of aryl methyl sites for hydroxylation is 1. The molecule has 0 spiro atoms. The number of nitrogens with one attached hydrogen (secondary N) is 1. The molecule has 0 fully saturated rings. The molecule has 0 saturated carbocycles. The minimum absolute atomic E-state index is 0.280. The highest BCUT2D eigenvalue weighted by Crippen LogP contribution is 2.41. The van der Waals surface area contributed by atoms with Crippen LogP contribution in [0.25, 0.3) is 27.7 Å². The molecular formula is C27H26N2O5. The number of carbonyl (C=O) groups is 1. The molecule has 0 radical (unpaired) electrons. The lowest BCUT2D eigenvalue weighted by atomic mass is 9.98. The topological polar surface area (TPSA) is 82.8 Å². The van der Waals surface area contributed by atoms with Crippen LogP contribution in [-0.2, 0) is 4.79 Å². The smallest absolute Gasteiger partial charge is 0.249 e. The summed E-state index contributed by atoms with van der Waals surface area (Å²) in [5.74, 6) is 2.21. The Balaban J connectivity index is 1.75. The first kappa shape index (κ1) is 22.9. The van der Waals surface area contributed by atoms with Gasteiger partial charge in [-0.3, -0.25) is 4.79 Å². The molecule has 7 nitrogen and oxygen atoms in total. The highest BCUT2D eigenvalue weighted by molar-refractivity contribution is 6.05. The van der Waals surface area contributed by atoms with Gasteiger partial charge in [0.25, 0.3) is 0 Å². The fraction of sp³-hybridized carbons (Fsp3) is 0.185. The van der Waals surface area contributed by atoms with E-state index in [0.29, 0.717) is 28.6 Å². The number of anilines is 1. The Morgan fingerprint density at radius 2 is 1.76 bits per heavy atom. The van der Waals surface area contributed by atoms with Crippen molar-refractivity contribution >= 4 is 28.3 Å². The van der Waals surface area contributed by atoms with E-state index >= 15 is 0 Å². The predicted molar refractivity (Wildman–Crippen MR) is 133 cm³/mol. The summed E-state index contributed by atoms with van der Waals surface area (Å²) in [5, 5.41) is 3.65. The number of pyridine rings is 1. The van der Waals surface area contributed by atoms with Gasteiger partial charge in [0.05, 0.1) is 27.6 Å². The summed E-state index contributed by atoms with van der Waals surface area (Å²) in [4.78, 5) is 16.8. The van der Waals surface area contributed by atoms with Crippen LogP contribution >= 0.6 is 0 Å². The maximum Gasteiger partial charge on any atom is 0.249 e. The molecule has 2 aromatic carbocycles. The molecule has 174 valence electrons. The molecule has 0 saturated heterocycles. The predicted octanol–water partition coefficient (Wildman–Crippen LogP) is 5.87. The lowest BCUT2D eigenvalue weighted by Gasteiger charge is -2.12. The summed E-state index contributed by atoms with van der Waals surface area (Å²) in [7, 11) is 4.83. The number of benzene rings is 2. The molecule has 7 heteroatoms. The second kappa shape index (κ2) is 9.70. The monoisotopic (exact) mass is 458 g/mol. The number of carbonyl (C=O) groups excluding carboxylic acids is 1. The van der Waals surface area contributed by atoms with E-state index in [4.69, 9.17) is 18.6 Å². The SMILES string of the molecule is COc1ccc(OC)c(-c2coc3cc(OC)c(/C(C)=C/C(=O)Nc4ccc(C)cn4)cc23)c1. The van der Waals surface area contributed by atoms with Gasteiger partial charge in [0.1, 0.15) is 28.6 Å². The minimum Gasteiger partial charge on any atom is -0.497 e. The van der Waals surface area contributed by atoms with E-state index < -0.39 is 0 Å². The number of rotatable bonds is 7. The molecule has 1 N–H and O–H groups in total. The van der Waals surface area contributed by atoms with Gasteiger partial charge in [-0.25, -0.2) is 4.98 Å². The third-order valence-corrected chi connectivity index (χ3v) is 5.53. The van der Waals surface area contributed by atoms with E-state index in [-0.39, 0.29) is 5.91 Å². The van der Waals surface area contributed by atoms with Gasteiger partial charge in [0.2, 0.25) is 5.91 Å². The van der Waals surface area contributed by atoms with Gasteiger partial charge in [-0.1, -0.05) is 6.07 Å². The Morgan fingerprint density at radius 3 is 2.44 bits per heavy atom. The van der Waals surface area contributed by atoms with Gasteiger partial charge >= 0.3 is 0 Å². The van der Waals surface area contributed by atoms with Crippen molar-refractivity contribution in [1.82, 2.24) is 4.98 Å². The Morgan fingerprint density at radius 1 is 0.971 bits per heavy atom. The number of furan rings is 1. The van der Waals surface area contributed by atoms with E-state index in [1.165, 1.54) is 6.08 Å². The maximum atomic E-state index is 12.6. The van der Waals surface area contributed by atoms with Crippen LogP contribution in [0, 0.1) is 6.92 Å². The summed E-state index contributed by atoms with van der Waals surface area (Å²) in [6.45, 7) is 3.80. The number of ether oxygens (including phenoxy) is 3. The summed E-state index contributed by atoms with van der Waals surface area (Å²) >= 11 is 0. The van der Waals surface area contributed by atoms with Gasteiger partial charge in [-0.05, 0) is 55.3 Å². The number of hydrogen-bond donors (Lipinski definition) is 1. The summed E-state index contributed by atoms with van der Waals surface area (Å²) in [6, 6.07) is 13.0. The molecule has 0 aliphatic rings. The second-order valence-electron chi connectivity index (χ2n) is 7.80. The molecule has 0 aliphatic heterocycles. The largest absolute Gasteiger partial charge is 0.497 e. The highest BCUT2D eigenvalue weighted by Gasteiger charge is 2.18. The molecule has 2 heterocycles. The van der Waals surface area contributed by atoms with Crippen molar-refractivity contribution < 1.29 is 23.4 Å². The number of fused-ring (bicyclic) bond motifs is 1. The number of amides is 1. The van der Waals surface area contributed by atoms with Crippen molar-refractivity contribution in [2.24, 2.45) is 0 Å². The van der Waals surface area contributed by atoms with Gasteiger partial charge in [0.15, 0.2) is 0 Å². The zero-order valence-electron chi connectivity index (χ0n) is 19.8. The number of methoxy groups -OCH3 is 3. The fourth-order valence-electron chi connectivity index (χ4n) is 3.74. The normalized spacial score (nSPS) is 11.4. The molecule has 2 aromatic heterocycles. The van der Waals surface area contributed by atoms with E-state index in [1.54, 1.807) is 39.9 Å². The van der Waals surface area contributed by atoms with Crippen LogP contribution in [0.4, 0.5) is 5.82 Å². The molecule has 4 rings (SSSR count). The Kier molecular flexibility index (Phi) is 6.54. The quantitative estimate of drug-likeness (QED) is 0.349. The Labute approximate surface area is 198 Å². The van der Waals surface area contributed by atoms with Crippen LogP contribution in [0.3, 0.4) is 0 Å². The molecular weight excluding hydrogens is 432 g/mol. The zero-order valence-corrected chi connectivity index (χ0v) is 19.8. The molecule has 1 amide bonds. The maximum absolute atomic E-state index is 12.6. The molecule has 0 bridgehead atoms. The van der Waals surface area contributed by atoms with Crippen molar-refractivity contribution in [1.29, 1.82) is 0 Å². The average Bonchev–Trinajstić information content (AvgIpc) is 3.26. The van der Waals surface area contributed by atoms with Crippen molar-refractivity contribution in [3.05, 3.63) is 72.1 Å². The third kappa shape index (κ3) is 4.59. The van der Waals surface area contributed by atoms with Crippen molar-refractivity contribution in [3.63, 3.8) is 0 Å². The van der Waals surface area contributed by atoms with Gasteiger partial charge in [-0.2, -0.15) is 0 Å². The lowest BCUT2D eigenvalue weighted by Crippen LogP contribution is -2.10.